The van der Waals surface area contributed by atoms with Crippen molar-refractivity contribution in [1.29, 1.82) is 0 Å². The van der Waals surface area contributed by atoms with Crippen molar-refractivity contribution < 1.29 is 19.1 Å². The predicted octanol–water partition coefficient (Wildman–Crippen LogP) is 2.70. The fourth-order valence-corrected chi connectivity index (χ4v) is 1.43. The third kappa shape index (κ3) is 8.72. The molecule has 0 fully saturated rings. The lowest BCUT2D eigenvalue weighted by Gasteiger charge is -2.25. The van der Waals surface area contributed by atoms with Crippen LogP contribution in [0, 0.1) is 5.41 Å². The van der Waals surface area contributed by atoms with Gasteiger partial charge in [0, 0.05) is 0 Å². The Kier molecular flexibility index (Phi) is 5.66. The molecule has 100 valence electrons. The SMILES string of the molecule is CCOC(=O)CC(C)(C)CC(=O)OC(C)(C)C. The van der Waals surface area contributed by atoms with E-state index in [2.05, 4.69) is 0 Å². The average molecular weight is 244 g/mol. The summed E-state index contributed by atoms with van der Waals surface area (Å²) >= 11 is 0. The molecule has 0 aliphatic carbocycles. The summed E-state index contributed by atoms with van der Waals surface area (Å²) in [6.07, 6.45) is 0.434. The van der Waals surface area contributed by atoms with Crippen molar-refractivity contribution in [1.82, 2.24) is 0 Å². The van der Waals surface area contributed by atoms with Gasteiger partial charge in [-0.1, -0.05) is 13.8 Å². The van der Waals surface area contributed by atoms with E-state index < -0.39 is 11.0 Å². The van der Waals surface area contributed by atoms with E-state index in [1.807, 2.05) is 34.6 Å². The lowest BCUT2D eigenvalue weighted by Crippen LogP contribution is -2.29. The van der Waals surface area contributed by atoms with E-state index in [-0.39, 0.29) is 24.8 Å². The van der Waals surface area contributed by atoms with Gasteiger partial charge in [0.1, 0.15) is 5.60 Å². The van der Waals surface area contributed by atoms with Gasteiger partial charge in [0.25, 0.3) is 0 Å². The van der Waals surface area contributed by atoms with Gasteiger partial charge in [-0.3, -0.25) is 9.59 Å². The molecule has 0 aromatic carbocycles. The Morgan fingerprint density at radius 2 is 1.41 bits per heavy atom. The van der Waals surface area contributed by atoms with Crippen molar-refractivity contribution in [2.24, 2.45) is 5.41 Å². The molecule has 0 spiro atoms. The van der Waals surface area contributed by atoms with E-state index in [9.17, 15) is 9.59 Å². The van der Waals surface area contributed by atoms with Crippen LogP contribution in [-0.2, 0) is 19.1 Å². The van der Waals surface area contributed by atoms with Gasteiger partial charge in [-0.05, 0) is 33.1 Å². The van der Waals surface area contributed by atoms with Crippen LogP contribution in [0.25, 0.3) is 0 Å². The highest BCUT2D eigenvalue weighted by Gasteiger charge is 2.28. The van der Waals surface area contributed by atoms with Crippen LogP contribution in [0.3, 0.4) is 0 Å². The molecule has 0 saturated heterocycles. The van der Waals surface area contributed by atoms with Crippen LogP contribution in [0.5, 0.6) is 0 Å². The van der Waals surface area contributed by atoms with Crippen LogP contribution in [-0.4, -0.2) is 24.1 Å². The summed E-state index contributed by atoms with van der Waals surface area (Å²) in [5.41, 5.74) is -0.925. The zero-order chi connectivity index (χ0) is 13.7. The Morgan fingerprint density at radius 3 is 1.82 bits per heavy atom. The lowest BCUT2D eigenvalue weighted by atomic mass is 9.86. The number of carbonyl (C=O) groups excluding carboxylic acids is 2. The van der Waals surface area contributed by atoms with Crippen molar-refractivity contribution in [3.05, 3.63) is 0 Å². The highest BCUT2D eigenvalue weighted by atomic mass is 16.6. The van der Waals surface area contributed by atoms with E-state index >= 15 is 0 Å². The highest BCUT2D eigenvalue weighted by Crippen LogP contribution is 2.27. The average Bonchev–Trinajstić information content (AvgIpc) is 1.96. The first-order valence-electron chi connectivity index (χ1n) is 5.93. The maximum absolute atomic E-state index is 11.6. The molecular weight excluding hydrogens is 220 g/mol. The van der Waals surface area contributed by atoms with Gasteiger partial charge >= 0.3 is 11.9 Å². The number of carbonyl (C=O) groups is 2. The van der Waals surface area contributed by atoms with Crippen molar-refractivity contribution in [2.75, 3.05) is 6.61 Å². The molecule has 0 aliphatic heterocycles. The largest absolute Gasteiger partial charge is 0.466 e. The summed E-state index contributed by atoms with van der Waals surface area (Å²) < 4.78 is 10.1. The molecule has 4 heteroatoms. The van der Waals surface area contributed by atoms with Crippen LogP contribution in [0.15, 0.2) is 0 Å². The normalized spacial score (nSPS) is 12.1. The fourth-order valence-electron chi connectivity index (χ4n) is 1.43. The molecule has 17 heavy (non-hydrogen) atoms. The standard InChI is InChI=1S/C13H24O4/c1-7-16-10(14)8-13(5,6)9-11(15)17-12(2,3)4/h7-9H2,1-6H3. The molecule has 0 aliphatic rings. The Labute approximate surface area is 104 Å². The quantitative estimate of drug-likeness (QED) is 0.698. The van der Waals surface area contributed by atoms with Gasteiger partial charge < -0.3 is 9.47 Å². The van der Waals surface area contributed by atoms with Crippen LogP contribution in [0.1, 0.15) is 54.4 Å². The molecule has 4 nitrogen and oxygen atoms in total. The second-order valence-corrected chi connectivity index (χ2v) is 5.91. The van der Waals surface area contributed by atoms with Crippen LogP contribution >= 0.6 is 0 Å². The van der Waals surface area contributed by atoms with Crippen molar-refractivity contribution in [3.8, 4) is 0 Å². The number of hydrogen-bond donors (Lipinski definition) is 0. The highest BCUT2D eigenvalue weighted by molar-refractivity contribution is 5.74. The second-order valence-electron chi connectivity index (χ2n) is 5.91. The van der Waals surface area contributed by atoms with Gasteiger partial charge in [0.05, 0.1) is 19.4 Å². The number of hydrogen-bond acceptors (Lipinski definition) is 4. The first-order valence-corrected chi connectivity index (χ1v) is 5.93. The fraction of sp³-hybridized carbons (Fsp3) is 0.846. The number of ether oxygens (including phenoxy) is 2. The summed E-state index contributed by atoms with van der Waals surface area (Å²) in [7, 11) is 0. The minimum atomic E-state index is -0.489. The smallest absolute Gasteiger partial charge is 0.306 e. The maximum atomic E-state index is 11.6. The molecule has 0 bridgehead atoms. The zero-order valence-corrected chi connectivity index (χ0v) is 11.8. The van der Waals surface area contributed by atoms with Crippen LogP contribution < -0.4 is 0 Å². The van der Waals surface area contributed by atoms with Gasteiger partial charge in [0.2, 0.25) is 0 Å². The molecule has 0 aromatic rings. The Balaban J connectivity index is 4.25. The molecule has 0 amide bonds. The topological polar surface area (TPSA) is 52.6 Å². The van der Waals surface area contributed by atoms with Gasteiger partial charge in [0.15, 0.2) is 0 Å². The maximum Gasteiger partial charge on any atom is 0.306 e. The van der Waals surface area contributed by atoms with E-state index in [1.165, 1.54) is 0 Å². The second kappa shape index (κ2) is 6.03. The molecule has 0 unspecified atom stereocenters. The third-order valence-electron chi connectivity index (χ3n) is 1.97. The van der Waals surface area contributed by atoms with E-state index in [4.69, 9.17) is 9.47 Å². The van der Waals surface area contributed by atoms with E-state index in [1.54, 1.807) is 6.92 Å². The van der Waals surface area contributed by atoms with Crippen molar-refractivity contribution in [3.63, 3.8) is 0 Å². The van der Waals surface area contributed by atoms with Gasteiger partial charge in [-0.15, -0.1) is 0 Å². The monoisotopic (exact) mass is 244 g/mol. The first-order chi connectivity index (χ1) is 7.56. The minimum Gasteiger partial charge on any atom is -0.466 e. The van der Waals surface area contributed by atoms with Gasteiger partial charge in [-0.2, -0.15) is 0 Å². The zero-order valence-electron chi connectivity index (χ0n) is 11.8. The lowest BCUT2D eigenvalue weighted by molar-refractivity contribution is -0.158. The molecule has 0 rings (SSSR count). The summed E-state index contributed by atoms with van der Waals surface area (Å²) in [6.45, 7) is 11.3. The van der Waals surface area contributed by atoms with Crippen molar-refractivity contribution >= 4 is 11.9 Å². The number of rotatable bonds is 5. The minimum absolute atomic E-state index is 0.211. The Bertz CT molecular complexity index is 274. The number of esters is 2. The summed E-state index contributed by atoms with van der Waals surface area (Å²) in [5, 5.41) is 0. The molecule has 0 aromatic heterocycles. The molecule has 0 atom stereocenters. The Hall–Kier alpha value is -1.06. The predicted molar refractivity (Wildman–Crippen MR) is 65.5 cm³/mol. The summed E-state index contributed by atoms with van der Waals surface area (Å²) in [4.78, 5) is 23.0. The third-order valence-corrected chi connectivity index (χ3v) is 1.97. The van der Waals surface area contributed by atoms with E-state index in [0.29, 0.717) is 6.61 Å². The van der Waals surface area contributed by atoms with Gasteiger partial charge in [-0.25, -0.2) is 0 Å². The van der Waals surface area contributed by atoms with E-state index in [0.717, 1.165) is 0 Å². The Morgan fingerprint density at radius 1 is 0.941 bits per heavy atom. The molecule has 0 heterocycles. The van der Waals surface area contributed by atoms with Crippen LogP contribution in [0.2, 0.25) is 0 Å². The summed E-state index contributed by atoms with van der Waals surface area (Å²) in [5.74, 6) is -0.562. The molecule has 0 radical (unpaired) electrons. The van der Waals surface area contributed by atoms with Crippen LogP contribution in [0.4, 0.5) is 0 Å². The molecule has 0 N–H and O–H groups in total. The van der Waals surface area contributed by atoms with Crippen molar-refractivity contribution in [2.45, 2.75) is 60.0 Å². The first kappa shape index (κ1) is 15.9. The summed E-state index contributed by atoms with van der Waals surface area (Å²) in [6, 6.07) is 0. The molecule has 0 saturated carbocycles. The molecular formula is C13H24O4.